The standard InChI is InChI=1S/C10H9BrN2O/c1-13-9-3-2-7(4-5-14)6-8(9)10(11)12-13/h2-3,5-6H,4H2,1H3. The van der Waals surface area contributed by atoms with Gasteiger partial charge in [-0.1, -0.05) is 6.07 Å². The molecule has 0 saturated heterocycles. The molecule has 14 heavy (non-hydrogen) atoms. The van der Waals surface area contributed by atoms with Crippen LogP contribution in [0.1, 0.15) is 5.56 Å². The third kappa shape index (κ3) is 1.46. The van der Waals surface area contributed by atoms with Crippen molar-refractivity contribution in [1.29, 1.82) is 0 Å². The zero-order valence-corrected chi connectivity index (χ0v) is 9.28. The summed E-state index contributed by atoms with van der Waals surface area (Å²) >= 11 is 3.38. The second-order valence-electron chi connectivity index (χ2n) is 3.14. The molecule has 0 saturated carbocycles. The van der Waals surface area contributed by atoms with E-state index in [0.29, 0.717) is 6.42 Å². The molecule has 0 N–H and O–H groups in total. The number of benzene rings is 1. The number of aryl methyl sites for hydroxylation is 1. The minimum absolute atomic E-state index is 0.456. The molecule has 3 nitrogen and oxygen atoms in total. The van der Waals surface area contributed by atoms with Crippen molar-refractivity contribution < 1.29 is 4.79 Å². The number of nitrogens with zero attached hydrogens (tertiary/aromatic N) is 2. The lowest BCUT2D eigenvalue weighted by molar-refractivity contribution is -0.107. The molecule has 0 unspecified atom stereocenters. The van der Waals surface area contributed by atoms with E-state index in [4.69, 9.17) is 0 Å². The van der Waals surface area contributed by atoms with Crippen LogP contribution in [-0.4, -0.2) is 16.1 Å². The summed E-state index contributed by atoms with van der Waals surface area (Å²) in [5.74, 6) is 0. The summed E-state index contributed by atoms with van der Waals surface area (Å²) < 4.78 is 2.63. The molecule has 4 heteroatoms. The van der Waals surface area contributed by atoms with Crippen LogP contribution in [0.4, 0.5) is 0 Å². The van der Waals surface area contributed by atoms with Gasteiger partial charge in [0.15, 0.2) is 0 Å². The molecule has 0 bridgehead atoms. The van der Waals surface area contributed by atoms with E-state index in [-0.39, 0.29) is 0 Å². The number of carbonyl (C=O) groups is 1. The maximum Gasteiger partial charge on any atom is 0.135 e. The summed E-state index contributed by atoms with van der Waals surface area (Å²) in [6.07, 6.45) is 1.36. The van der Waals surface area contributed by atoms with E-state index in [1.807, 2.05) is 29.9 Å². The van der Waals surface area contributed by atoms with E-state index >= 15 is 0 Å². The summed E-state index contributed by atoms with van der Waals surface area (Å²) in [6, 6.07) is 5.91. The quantitative estimate of drug-likeness (QED) is 0.768. The Morgan fingerprint density at radius 2 is 2.36 bits per heavy atom. The molecule has 0 amide bonds. The van der Waals surface area contributed by atoms with Crippen LogP contribution >= 0.6 is 15.9 Å². The highest BCUT2D eigenvalue weighted by Crippen LogP contribution is 2.23. The number of carbonyl (C=O) groups excluding carboxylic acids is 1. The van der Waals surface area contributed by atoms with Gasteiger partial charge in [0.25, 0.3) is 0 Å². The zero-order chi connectivity index (χ0) is 10.1. The van der Waals surface area contributed by atoms with E-state index in [1.165, 1.54) is 0 Å². The van der Waals surface area contributed by atoms with E-state index in [2.05, 4.69) is 21.0 Å². The van der Waals surface area contributed by atoms with Gasteiger partial charge in [-0.25, -0.2) is 0 Å². The van der Waals surface area contributed by atoms with Crippen molar-refractivity contribution in [2.24, 2.45) is 7.05 Å². The van der Waals surface area contributed by atoms with Crippen LogP contribution in [0.2, 0.25) is 0 Å². The number of rotatable bonds is 2. The second kappa shape index (κ2) is 3.53. The monoisotopic (exact) mass is 252 g/mol. The van der Waals surface area contributed by atoms with Crippen molar-refractivity contribution in [3.63, 3.8) is 0 Å². The fraction of sp³-hybridized carbons (Fsp3) is 0.200. The van der Waals surface area contributed by atoms with Gasteiger partial charge in [0.1, 0.15) is 10.9 Å². The first-order chi connectivity index (χ1) is 6.72. The molecule has 1 aromatic carbocycles. The number of hydrogen-bond acceptors (Lipinski definition) is 2. The first kappa shape index (κ1) is 9.40. The van der Waals surface area contributed by atoms with Gasteiger partial charge in [0, 0.05) is 18.9 Å². The topological polar surface area (TPSA) is 34.9 Å². The molecule has 0 fully saturated rings. The fourth-order valence-corrected chi connectivity index (χ4v) is 2.05. The lowest BCUT2D eigenvalue weighted by atomic mass is 10.1. The summed E-state index contributed by atoms with van der Waals surface area (Å²) in [7, 11) is 1.90. The first-order valence-corrected chi connectivity index (χ1v) is 5.06. The Morgan fingerprint density at radius 1 is 1.57 bits per heavy atom. The smallest absolute Gasteiger partial charge is 0.135 e. The Morgan fingerprint density at radius 3 is 3.07 bits per heavy atom. The molecule has 0 aliphatic heterocycles. The zero-order valence-electron chi connectivity index (χ0n) is 7.70. The van der Waals surface area contributed by atoms with E-state index in [9.17, 15) is 4.79 Å². The van der Waals surface area contributed by atoms with E-state index in [0.717, 1.165) is 27.4 Å². The Hall–Kier alpha value is -1.16. The van der Waals surface area contributed by atoms with Crippen LogP contribution in [0, 0.1) is 0 Å². The van der Waals surface area contributed by atoms with Gasteiger partial charge < -0.3 is 4.79 Å². The molecule has 1 heterocycles. The number of aldehydes is 1. The predicted octanol–water partition coefficient (Wildman–Crippen LogP) is 2.08. The van der Waals surface area contributed by atoms with Crippen molar-refractivity contribution in [2.75, 3.05) is 0 Å². The molecule has 2 aromatic rings. The van der Waals surface area contributed by atoms with Crippen LogP contribution in [-0.2, 0) is 18.3 Å². The summed E-state index contributed by atoms with van der Waals surface area (Å²) in [6.45, 7) is 0. The highest BCUT2D eigenvalue weighted by Gasteiger charge is 2.05. The molecule has 0 radical (unpaired) electrons. The van der Waals surface area contributed by atoms with Gasteiger partial charge in [-0.3, -0.25) is 4.68 Å². The van der Waals surface area contributed by atoms with Crippen molar-refractivity contribution in [3.8, 4) is 0 Å². The Balaban J connectivity index is 2.64. The van der Waals surface area contributed by atoms with Gasteiger partial charge in [-0.15, -0.1) is 0 Å². The van der Waals surface area contributed by atoms with Crippen molar-refractivity contribution in [1.82, 2.24) is 9.78 Å². The Kier molecular flexibility index (Phi) is 2.37. The molecule has 2 rings (SSSR count). The van der Waals surface area contributed by atoms with Gasteiger partial charge in [-0.2, -0.15) is 5.10 Å². The predicted molar refractivity (Wildman–Crippen MR) is 58.2 cm³/mol. The molecule has 0 atom stereocenters. The molecular weight excluding hydrogens is 244 g/mol. The highest BCUT2D eigenvalue weighted by molar-refractivity contribution is 9.10. The van der Waals surface area contributed by atoms with Gasteiger partial charge in [-0.05, 0) is 33.6 Å². The van der Waals surface area contributed by atoms with Crippen LogP contribution in [0.3, 0.4) is 0 Å². The fourth-order valence-electron chi connectivity index (χ4n) is 1.49. The van der Waals surface area contributed by atoms with Crippen molar-refractivity contribution in [3.05, 3.63) is 28.4 Å². The minimum atomic E-state index is 0.456. The largest absolute Gasteiger partial charge is 0.303 e. The van der Waals surface area contributed by atoms with Crippen molar-refractivity contribution >= 4 is 33.1 Å². The molecule has 0 spiro atoms. The molecule has 1 aromatic heterocycles. The summed E-state index contributed by atoms with van der Waals surface area (Å²) in [4.78, 5) is 10.4. The SMILES string of the molecule is Cn1nc(Br)c2cc(CC=O)ccc21. The lowest BCUT2D eigenvalue weighted by Crippen LogP contribution is -1.89. The molecule has 0 aliphatic rings. The average Bonchev–Trinajstić information content (AvgIpc) is 2.43. The number of hydrogen-bond donors (Lipinski definition) is 0. The second-order valence-corrected chi connectivity index (χ2v) is 3.89. The van der Waals surface area contributed by atoms with Crippen LogP contribution < -0.4 is 0 Å². The Bertz CT molecular complexity index is 490. The van der Waals surface area contributed by atoms with Gasteiger partial charge >= 0.3 is 0 Å². The highest BCUT2D eigenvalue weighted by atomic mass is 79.9. The number of halogens is 1. The van der Waals surface area contributed by atoms with Crippen LogP contribution in [0.15, 0.2) is 22.8 Å². The number of fused-ring (bicyclic) bond motifs is 1. The van der Waals surface area contributed by atoms with Crippen LogP contribution in [0.25, 0.3) is 10.9 Å². The molecular formula is C10H9BrN2O. The van der Waals surface area contributed by atoms with Crippen LogP contribution in [0.5, 0.6) is 0 Å². The summed E-state index contributed by atoms with van der Waals surface area (Å²) in [5.41, 5.74) is 2.08. The average molecular weight is 253 g/mol. The maximum atomic E-state index is 10.4. The lowest BCUT2D eigenvalue weighted by Gasteiger charge is -1.96. The first-order valence-electron chi connectivity index (χ1n) is 4.27. The van der Waals surface area contributed by atoms with Crippen molar-refractivity contribution in [2.45, 2.75) is 6.42 Å². The maximum absolute atomic E-state index is 10.4. The third-order valence-corrected chi connectivity index (χ3v) is 2.77. The Labute approximate surface area is 89.8 Å². The molecule has 0 aliphatic carbocycles. The number of aromatic nitrogens is 2. The van der Waals surface area contributed by atoms with Gasteiger partial charge in [0.05, 0.1) is 5.52 Å². The summed E-state index contributed by atoms with van der Waals surface area (Å²) in [5, 5.41) is 5.28. The normalized spacial score (nSPS) is 10.7. The molecule has 72 valence electrons. The minimum Gasteiger partial charge on any atom is -0.303 e. The van der Waals surface area contributed by atoms with E-state index < -0.39 is 0 Å². The van der Waals surface area contributed by atoms with E-state index in [1.54, 1.807) is 0 Å². The van der Waals surface area contributed by atoms with Gasteiger partial charge in [0.2, 0.25) is 0 Å². The third-order valence-electron chi connectivity index (χ3n) is 2.19.